The van der Waals surface area contributed by atoms with Gasteiger partial charge in [0, 0.05) is 0 Å². The van der Waals surface area contributed by atoms with Gasteiger partial charge in [-0.1, -0.05) is 11.8 Å². The summed E-state index contributed by atoms with van der Waals surface area (Å²) in [5.74, 6) is -1.61. The molecule has 1 atom stereocenters. The van der Waals surface area contributed by atoms with Crippen LogP contribution >= 0.6 is 23.1 Å². The fourth-order valence-corrected chi connectivity index (χ4v) is 3.78. The molecule has 6 nitrogen and oxygen atoms in total. The first-order valence-corrected chi connectivity index (χ1v) is 7.25. The van der Waals surface area contributed by atoms with Crippen LogP contribution in [0.1, 0.15) is 6.42 Å². The molecular formula is C12H11NO5S2. The van der Waals surface area contributed by atoms with Crippen molar-refractivity contribution >= 4 is 45.3 Å². The Labute approximate surface area is 122 Å². The van der Waals surface area contributed by atoms with E-state index >= 15 is 0 Å². The summed E-state index contributed by atoms with van der Waals surface area (Å²) in [6.07, 6.45) is -0.445. The molecular weight excluding hydrogens is 302 g/mol. The van der Waals surface area contributed by atoms with E-state index in [4.69, 9.17) is 14.9 Å². The minimum atomic E-state index is -1.16. The Morgan fingerprint density at radius 2 is 2.20 bits per heavy atom. The van der Waals surface area contributed by atoms with Gasteiger partial charge >= 0.3 is 11.9 Å². The van der Waals surface area contributed by atoms with Gasteiger partial charge in [0.25, 0.3) is 0 Å². The van der Waals surface area contributed by atoms with Crippen LogP contribution < -0.4 is 4.74 Å². The van der Waals surface area contributed by atoms with Crippen molar-refractivity contribution in [2.45, 2.75) is 16.0 Å². The second-order valence-electron chi connectivity index (χ2n) is 3.86. The van der Waals surface area contributed by atoms with E-state index in [1.807, 2.05) is 6.07 Å². The van der Waals surface area contributed by atoms with Gasteiger partial charge in [0.15, 0.2) is 4.34 Å². The standard InChI is InChI=1S/C12H11NO5S2/c1-18-6-2-3-7-8(4-6)19-12(13-7)20-9(11(16)17)5-10(14)15/h2-4,9H,5H2,1H3,(H,14,15)(H,16,17). The first kappa shape index (κ1) is 14.6. The summed E-state index contributed by atoms with van der Waals surface area (Å²) in [4.78, 5) is 26.0. The van der Waals surface area contributed by atoms with E-state index in [0.717, 1.165) is 22.0 Å². The number of methoxy groups -OCH3 is 1. The average Bonchev–Trinajstić information content (AvgIpc) is 2.78. The zero-order chi connectivity index (χ0) is 14.7. The molecule has 0 aliphatic heterocycles. The molecule has 2 N–H and O–H groups in total. The third-order valence-corrected chi connectivity index (χ3v) is 4.75. The van der Waals surface area contributed by atoms with Crippen LogP contribution in [0.4, 0.5) is 0 Å². The molecule has 0 fully saturated rings. The highest BCUT2D eigenvalue weighted by molar-refractivity contribution is 8.02. The molecule has 0 saturated carbocycles. The van der Waals surface area contributed by atoms with E-state index in [9.17, 15) is 9.59 Å². The molecule has 2 rings (SSSR count). The van der Waals surface area contributed by atoms with Crippen LogP contribution in [-0.2, 0) is 9.59 Å². The van der Waals surface area contributed by atoms with Crippen LogP contribution in [-0.4, -0.2) is 39.5 Å². The van der Waals surface area contributed by atoms with E-state index in [1.54, 1.807) is 19.2 Å². The van der Waals surface area contributed by atoms with Gasteiger partial charge < -0.3 is 14.9 Å². The van der Waals surface area contributed by atoms with E-state index in [0.29, 0.717) is 10.1 Å². The fraction of sp³-hybridized carbons (Fsp3) is 0.250. The quantitative estimate of drug-likeness (QED) is 0.790. The minimum Gasteiger partial charge on any atom is -0.497 e. The van der Waals surface area contributed by atoms with Crippen LogP contribution in [0, 0.1) is 0 Å². The van der Waals surface area contributed by atoms with Crippen LogP contribution in [0.25, 0.3) is 10.2 Å². The van der Waals surface area contributed by atoms with Crippen molar-refractivity contribution in [2.75, 3.05) is 7.11 Å². The highest BCUT2D eigenvalue weighted by Gasteiger charge is 2.24. The van der Waals surface area contributed by atoms with Gasteiger partial charge in [-0.2, -0.15) is 0 Å². The van der Waals surface area contributed by atoms with Gasteiger partial charge in [-0.05, 0) is 18.2 Å². The zero-order valence-corrected chi connectivity index (χ0v) is 12.0. The van der Waals surface area contributed by atoms with Crippen LogP contribution in [0.15, 0.2) is 22.5 Å². The molecule has 1 aromatic heterocycles. The molecule has 1 unspecified atom stereocenters. The van der Waals surface area contributed by atoms with E-state index in [-0.39, 0.29) is 0 Å². The number of ether oxygens (including phenoxy) is 1. The number of fused-ring (bicyclic) bond motifs is 1. The van der Waals surface area contributed by atoms with Gasteiger partial charge in [0.2, 0.25) is 0 Å². The zero-order valence-electron chi connectivity index (χ0n) is 10.4. The SMILES string of the molecule is COc1ccc2nc(SC(CC(=O)O)C(=O)O)sc2c1. The maximum absolute atomic E-state index is 11.0. The van der Waals surface area contributed by atoms with Gasteiger partial charge in [0.1, 0.15) is 11.0 Å². The molecule has 2 aromatic rings. The Morgan fingerprint density at radius 1 is 1.45 bits per heavy atom. The summed E-state index contributed by atoms with van der Waals surface area (Å²) in [6.45, 7) is 0. The van der Waals surface area contributed by atoms with Crippen LogP contribution in [0.5, 0.6) is 5.75 Å². The number of carboxylic acids is 2. The Hall–Kier alpha value is -1.80. The number of aliphatic carboxylic acids is 2. The van der Waals surface area contributed by atoms with Crippen molar-refractivity contribution in [2.24, 2.45) is 0 Å². The van der Waals surface area contributed by atoms with Gasteiger partial charge in [-0.15, -0.1) is 11.3 Å². The maximum Gasteiger partial charge on any atom is 0.317 e. The maximum atomic E-state index is 11.0. The van der Waals surface area contributed by atoms with E-state index < -0.39 is 23.6 Å². The van der Waals surface area contributed by atoms with E-state index in [2.05, 4.69) is 4.98 Å². The largest absolute Gasteiger partial charge is 0.497 e. The lowest BCUT2D eigenvalue weighted by Crippen LogP contribution is -2.20. The Morgan fingerprint density at radius 3 is 2.80 bits per heavy atom. The first-order valence-electron chi connectivity index (χ1n) is 5.55. The van der Waals surface area contributed by atoms with Crippen LogP contribution in [0.2, 0.25) is 0 Å². The number of thioether (sulfide) groups is 1. The fourth-order valence-electron chi connectivity index (χ4n) is 1.52. The third kappa shape index (κ3) is 3.40. The Bertz CT molecular complexity index is 654. The molecule has 0 bridgehead atoms. The van der Waals surface area contributed by atoms with Gasteiger partial charge in [-0.3, -0.25) is 9.59 Å². The second kappa shape index (κ2) is 6.10. The number of thiazole rings is 1. The number of carboxylic acid groups (broad SMARTS) is 2. The number of hydrogen-bond donors (Lipinski definition) is 2. The molecule has 0 aliphatic carbocycles. The van der Waals surface area contributed by atoms with Crippen molar-refractivity contribution < 1.29 is 24.5 Å². The van der Waals surface area contributed by atoms with Crippen molar-refractivity contribution in [3.05, 3.63) is 18.2 Å². The number of aromatic nitrogens is 1. The lowest BCUT2D eigenvalue weighted by molar-refractivity contribution is -0.142. The van der Waals surface area contributed by atoms with E-state index in [1.165, 1.54) is 11.3 Å². The second-order valence-corrected chi connectivity index (χ2v) is 6.34. The summed E-state index contributed by atoms with van der Waals surface area (Å²) in [5.41, 5.74) is 0.734. The van der Waals surface area contributed by atoms with Crippen molar-refractivity contribution in [1.29, 1.82) is 0 Å². The summed E-state index contributed by atoms with van der Waals surface area (Å²) >= 11 is 2.27. The average molecular weight is 313 g/mol. The van der Waals surface area contributed by atoms with Crippen LogP contribution in [0.3, 0.4) is 0 Å². The lowest BCUT2D eigenvalue weighted by atomic mass is 10.3. The molecule has 0 amide bonds. The molecule has 1 aromatic carbocycles. The van der Waals surface area contributed by atoms with Crippen molar-refractivity contribution in [1.82, 2.24) is 4.98 Å². The molecule has 1 heterocycles. The molecule has 0 aliphatic rings. The van der Waals surface area contributed by atoms with Gasteiger partial charge in [0.05, 0.1) is 23.7 Å². The number of hydrogen-bond acceptors (Lipinski definition) is 6. The normalized spacial score (nSPS) is 12.2. The molecule has 0 saturated heterocycles. The third-order valence-electron chi connectivity index (χ3n) is 2.45. The molecule has 0 spiro atoms. The summed E-state index contributed by atoms with van der Waals surface area (Å²) in [7, 11) is 1.56. The lowest BCUT2D eigenvalue weighted by Gasteiger charge is -2.06. The predicted molar refractivity (Wildman–Crippen MR) is 75.7 cm³/mol. The molecule has 0 radical (unpaired) electrons. The highest BCUT2D eigenvalue weighted by Crippen LogP contribution is 2.34. The smallest absolute Gasteiger partial charge is 0.317 e. The predicted octanol–water partition coefficient (Wildman–Crippen LogP) is 2.32. The molecule has 20 heavy (non-hydrogen) atoms. The van der Waals surface area contributed by atoms with Crippen molar-refractivity contribution in [3.63, 3.8) is 0 Å². The monoisotopic (exact) mass is 313 g/mol. The molecule has 106 valence electrons. The Balaban J connectivity index is 2.23. The summed E-state index contributed by atoms with van der Waals surface area (Å²) < 4.78 is 6.50. The number of nitrogens with zero attached hydrogens (tertiary/aromatic N) is 1. The first-order chi connectivity index (χ1) is 9.49. The highest BCUT2D eigenvalue weighted by atomic mass is 32.2. The van der Waals surface area contributed by atoms with Gasteiger partial charge in [-0.25, -0.2) is 4.98 Å². The summed E-state index contributed by atoms with van der Waals surface area (Å²) in [5, 5.41) is 16.7. The summed E-state index contributed by atoms with van der Waals surface area (Å²) in [6, 6.07) is 5.36. The van der Waals surface area contributed by atoms with Crippen molar-refractivity contribution in [3.8, 4) is 5.75 Å². The molecule has 8 heteroatoms. The number of rotatable bonds is 6. The topological polar surface area (TPSA) is 96.7 Å². The minimum absolute atomic E-state index is 0.445. The number of benzene rings is 1. The Kier molecular flexibility index (Phi) is 4.46. The number of carbonyl (C=O) groups is 2.